The summed E-state index contributed by atoms with van der Waals surface area (Å²) in [5, 5.41) is 3.01. The van der Waals surface area contributed by atoms with Gasteiger partial charge < -0.3 is 5.32 Å². The number of hydrogen-bond acceptors (Lipinski definition) is 3. The van der Waals surface area contributed by atoms with Gasteiger partial charge in [-0.15, -0.1) is 0 Å². The molecule has 1 fully saturated rings. The highest BCUT2D eigenvalue weighted by Gasteiger charge is 2.41. The van der Waals surface area contributed by atoms with Gasteiger partial charge >= 0.3 is 0 Å². The summed E-state index contributed by atoms with van der Waals surface area (Å²) in [6.07, 6.45) is 1.81. The van der Waals surface area contributed by atoms with Crippen molar-refractivity contribution in [3.8, 4) is 0 Å². The van der Waals surface area contributed by atoms with Crippen LogP contribution in [0, 0.1) is 0 Å². The van der Waals surface area contributed by atoms with Crippen LogP contribution >= 0.6 is 15.9 Å². The first-order valence-corrected chi connectivity index (χ1v) is 8.11. The van der Waals surface area contributed by atoms with Gasteiger partial charge in [-0.05, 0) is 60.4 Å². The van der Waals surface area contributed by atoms with Crippen molar-refractivity contribution in [1.82, 2.24) is 10.0 Å². The number of benzene rings is 1. The summed E-state index contributed by atoms with van der Waals surface area (Å²) >= 11 is 3.31. The molecular weight excluding hydrogens is 316 g/mol. The molecule has 6 heteroatoms. The van der Waals surface area contributed by atoms with Crippen molar-refractivity contribution in [1.29, 1.82) is 0 Å². The molecule has 0 unspecified atom stereocenters. The number of nitrogens with one attached hydrogen (secondary N) is 2. The van der Waals surface area contributed by atoms with E-state index in [9.17, 15) is 8.42 Å². The summed E-state index contributed by atoms with van der Waals surface area (Å²) in [4.78, 5) is 0.309. The maximum absolute atomic E-state index is 12.3. The molecule has 1 aliphatic rings. The normalized spacial score (nSPS) is 17.7. The van der Waals surface area contributed by atoms with E-state index in [0.29, 0.717) is 15.9 Å². The fourth-order valence-corrected chi connectivity index (χ4v) is 4.22. The highest BCUT2D eigenvalue weighted by Crippen LogP contribution is 2.36. The molecule has 0 atom stereocenters. The predicted octanol–water partition coefficient (Wildman–Crippen LogP) is 2.00. The van der Waals surface area contributed by atoms with E-state index >= 15 is 0 Å². The Morgan fingerprint density at radius 2 is 2.06 bits per heavy atom. The number of hydrogen-bond donors (Lipinski definition) is 2. The van der Waals surface area contributed by atoms with Crippen LogP contribution in [0.5, 0.6) is 0 Å². The van der Waals surface area contributed by atoms with E-state index in [1.807, 2.05) is 20.0 Å². The van der Waals surface area contributed by atoms with Crippen LogP contribution in [0.25, 0.3) is 0 Å². The topological polar surface area (TPSA) is 58.2 Å². The first-order valence-electron chi connectivity index (χ1n) is 5.83. The molecule has 0 spiro atoms. The predicted molar refractivity (Wildman–Crippen MR) is 74.9 cm³/mol. The molecule has 1 aliphatic carbocycles. The van der Waals surface area contributed by atoms with E-state index in [1.165, 1.54) is 0 Å². The molecule has 18 heavy (non-hydrogen) atoms. The van der Waals surface area contributed by atoms with Gasteiger partial charge in [-0.1, -0.05) is 6.07 Å². The second kappa shape index (κ2) is 4.92. The lowest BCUT2D eigenvalue weighted by molar-refractivity contribution is 0.557. The summed E-state index contributed by atoms with van der Waals surface area (Å²) in [6, 6.07) is 5.38. The molecular formula is C12H17BrN2O2S. The van der Waals surface area contributed by atoms with Gasteiger partial charge in [-0.2, -0.15) is 0 Å². The van der Waals surface area contributed by atoms with Gasteiger partial charge in [-0.25, -0.2) is 13.1 Å². The SMILES string of the molecule is CNCc1ccc(Br)c(S(=O)(=O)NC2(C)CC2)c1. The molecule has 2 N–H and O–H groups in total. The van der Waals surface area contributed by atoms with Crippen molar-refractivity contribution in [2.45, 2.75) is 36.7 Å². The number of halogens is 1. The largest absolute Gasteiger partial charge is 0.316 e. The average molecular weight is 333 g/mol. The van der Waals surface area contributed by atoms with Gasteiger partial charge in [-0.3, -0.25) is 0 Å². The minimum absolute atomic E-state index is 0.253. The van der Waals surface area contributed by atoms with Crippen LogP contribution in [-0.2, 0) is 16.6 Å². The Balaban J connectivity index is 2.33. The van der Waals surface area contributed by atoms with E-state index in [0.717, 1.165) is 18.4 Å². The van der Waals surface area contributed by atoms with Crippen LogP contribution in [0.2, 0.25) is 0 Å². The first-order chi connectivity index (χ1) is 8.36. The number of rotatable bonds is 5. The molecule has 100 valence electrons. The lowest BCUT2D eigenvalue weighted by Crippen LogP contribution is -2.34. The molecule has 1 saturated carbocycles. The van der Waals surface area contributed by atoms with Crippen LogP contribution in [0.1, 0.15) is 25.3 Å². The Labute approximate surface area is 116 Å². The zero-order valence-corrected chi connectivity index (χ0v) is 12.9. The monoisotopic (exact) mass is 332 g/mol. The molecule has 0 aromatic heterocycles. The summed E-state index contributed by atoms with van der Waals surface area (Å²) in [5.41, 5.74) is 0.694. The third-order valence-corrected chi connectivity index (χ3v) is 5.68. The maximum Gasteiger partial charge on any atom is 0.242 e. The standard InChI is InChI=1S/C12H17BrN2O2S/c1-12(5-6-12)15-18(16,17)11-7-9(8-14-2)3-4-10(11)13/h3-4,7,14-15H,5-6,8H2,1-2H3. The van der Waals surface area contributed by atoms with Gasteiger partial charge in [0.15, 0.2) is 0 Å². The van der Waals surface area contributed by atoms with E-state index in [-0.39, 0.29) is 5.54 Å². The van der Waals surface area contributed by atoms with E-state index in [1.54, 1.807) is 12.1 Å². The molecule has 0 bridgehead atoms. The van der Waals surface area contributed by atoms with Crippen molar-refractivity contribution < 1.29 is 8.42 Å². The van der Waals surface area contributed by atoms with Gasteiger partial charge in [0.05, 0.1) is 4.90 Å². The van der Waals surface area contributed by atoms with Gasteiger partial charge in [0, 0.05) is 16.6 Å². The van der Waals surface area contributed by atoms with Crippen molar-refractivity contribution in [3.63, 3.8) is 0 Å². The van der Waals surface area contributed by atoms with Crippen molar-refractivity contribution in [3.05, 3.63) is 28.2 Å². The average Bonchev–Trinajstić information content (AvgIpc) is 2.98. The molecule has 0 heterocycles. The molecule has 0 radical (unpaired) electrons. The van der Waals surface area contributed by atoms with Crippen molar-refractivity contribution in [2.75, 3.05) is 7.05 Å². The van der Waals surface area contributed by atoms with Gasteiger partial charge in [0.2, 0.25) is 10.0 Å². The van der Waals surface area contributed by atoms with Crippen LogP contribution in [0.15, 0.2) is 27.6 Å². The summed E-state index contributed by atoms with van der Waals surface area (Å²) in [7, 11) is -1.62. The fourth-order valence-electron chi connectivity index (χ4n) is 1.74. The Kier molecular flexibility index (Phi) is 3.82. The highest BCUT2D eigenvalue weighted by atomic mass is 79.9. The smallest absolute Gasteiger partial charge is 0.242 e. The van der Waals surface area contributed by atoms with E-state index < -0.39 is 10.0 Å². The quantitative estimate of drug-likeness (QED) is 0.867. The van der Waals surface area contributed by atoms with Crippen LogP contribution < -0.4 is 10.0 Å². The molecule has 4 nitrogen and oxygen atoms in total. The third kappa shape index (κ3) is 3.12. The molecule has 0 amide bonds. The van der Waals surface area contributed by atoms with Crippen LogP contribution in [-0.4, -0.2) is 21.0 Å². The summed E-state index contributed by atoms with van der Waals surface area (Å²) in [6.45, 7) is 2.57. The molecule has 0 saturated heterocycles. The van der Waals surface area contributed by atoms with Gasteiger partial charge in [0.1, 0.15) is 0 Å². The summed E-state index contributed by atoms with van der Waals surface area (Å²) < 4.78 is 28.0. The lowest BCUT2D eigenvalue weighted by atomic mass is 10.2. The van der Waals surface area contributed by atoms with Crippen molar-refractivity contribution in [2.24, 2.45) is 0 Å². The Hall–Kier alpha value is -0.430. The van der Waals surface area contributed by atoms with E-state index in [4.69, 9.17) is 0 Å². The lowest BCUT2D eigenvalue weighted by Gasteiger charge is -2.14. The zero-order chi connectivity index (χ0) is 13.4. The zero-order valence-electron chi connectivity index (χ0n) is 10.5. The summed E-state index contributed by atoms with van der Waals surface area (Å²) in [5.74, 6) is 0. The van der Waals surface area contributed by atoms with E-state index in [2.05, 4.69) is 26.0 Å². The first kappa shape index (κ1) is 14.0. The Bertz CT molecular complexity index is 553. The van der Waals surface area contributed by atoms with Crippen LogP contribution in [0.3, 0.4) is 0 Å². The molecule has 2 rings (SSSR count). The Morgan fingerprint density at radius 3 is 2.61 bits per heavy atom. The minimum atomic E-state index is -3.45. The second-order valence-electron chi connectivity index (χ2n) is 4.96. The molecule has 1 aromatic carbocycles. The minimum Gasteiger partial charge on any atom is -0.316 e. The second-order valence-corrected chi connectivity index (χ2v) is 7.47. The van der Waals surface area contributed by atoms with Crippen molar-refractivity contribution >= 4 is 26.0 Å². The third-order valence-electron chi connectivity index (χ3n) is 3.05. The maximum atomic E-state index is 12.3. The van der Waals surface area contributed by atoms with Crippen LogP contribution in [0.4, 0.5) is 0 Å². The molecule has 1 aromatic rings. The highest BCUT2D eigenvalue weighted by molar-refractivity contribution is 9.10. The molecule has 0 aliphatic heterocycles. The number of sulfonamides is 1. The fraction of sp³-hybridized carbons (Fsp3) is 0.500. The van der Waals surface area contributed by atoms with Gasteiger partial charge in [0.25, 0.3) is 0 Å². The Morgan fingerprint density at radius 1 is 1.39 bits per heavy atom.